The fourth-order valence-electron chi connectivity index (χ4n) is 3.20. The molecule has 0 saturated heterocycles. The summed E-state index contributed by atoms with van der Waals surface area (Å²) in [5.41, 5.74) is 11.1. The summed E-state index contributed by atoms with van der Waals surface area (Å²) >= 11 is 0. The Hall–Kier alpha value is -3.62. The summed E-state index contributed by atoms with van der Waals surface area (Å²) < 4.78 is 3.93. The van der Waals surface area contributed by atoms with Crippen molar-refractivity contribution in [2.45, 2.75) is 33.7 Å². The Morgan fingerprint density at radius 1 is 1.25 bits per heavy atom. The second-order valence-corrected chi connectivity index (χ2v) is 6.78. The lowest BCUT2D eigenvalue weighted by molar-refractivity contribution is 0.809. The number of aryl methyl sites for hydroxylation is 2. The van der Waals surface area contributed by atoms with Crippen LogP contribution in [0.4, 0.5) is 5.82 Å². The van der Waals surface area contributed by atoms with E-state index in [9.17, 15) is 0 Å². The highest BCUT2D eigenvalue weighted by Crippen LogP contribution is 2.26. The zero-order valence-corrected chi connectivity index (χ0v) is 16.0. The molecule has 0 saturated carbocycles. The van der Waals surface area contributed by atoms with Gasteiger partial charge in [-0.25, -0.2) is 9.97 Å². The molecule has 0 atom stereocenters. The molecule has 0 unspecified atom stereocenters. The van der Waals surface area contributed by atoms with Gasteiger partial charge in [-0.3, -0.25) is 9.38 Å². The maximum atomic E-state index is 7.25. The van der Waals surface area contributed by atoms with E-state index in [0.717, 1.165) is 28.1 Å². The molecule has 4 aromatic heterocycles. The molecule has 28 heavy (non-hydrogen) atoms. The molecule has 0 spiro atoms. The van der Waals surface area contributed by atoms with Crippen LogP contribution in [0, 0.1) is 19.3 Å². The molecule has 3 N–H and O–H groups in total. The van der Waals surface area contributed by atoms with E-state index in [1.165, 1.54) is 6.21 Å². The van der Waals surface area contributed by atoms with Crippen LogP contribution in [0.2, 0.25) is 0 Å². The minimum absolute atomic E-state index is 0.307. The summed E-state index contributed by atoms with van der Waals surface area (Å²) in [4.78, 5) is 13.7. The van der Waals surface area contributed by atoms with Gasteiger partial charge >= 0.3 is 0 Å². The number of imidazole rings is 1. The highest BCUT2D eigenvalue weighted by molar-refractivity contribution is 5.80. The minimum Gasteiger partial charge on any atom is -0.381 e. The van der Waals surface area contributed by atoms with E-state index >= 15 is 0 Å². The number of hydrogen-bond acceptors (Lipinski definition) is 7. The van der Waals surface area contributed by atoms with Gasteiger partial charge in [0.15, 0.2) is 11.6 Å². The zero-order valence-electron chi connectivity index (χ0n) is 16.0. The number of pyridine rings is 1. The molecule has 0 aliphatic heterocycles. The van der Waals surface area contributed by atoms with E-state index in [1.807, 2.05) is 43.5 Å². The summed E-state index contributed by atoms with van der Waals surface area (Å²) in [5.74, 6) is 1.74. The number of hydrogen-bond donors (Lipinski definition) is 2. The van der Waals surface area contributed by atoms with Crippen molar-refractivity contribution >= 4 is 28.7 Å². The van der Waals surface area contributed by atoms with Gasteiger partial charge in [0.05, 0.1) is 11.7 Å². The maximum absolute atomic E-state index is 7.25. The lowest BCUT2D eigenvalue weighted by atomic mass is 10.2. The molecule has 0 aliphatic rings. The summed E-state index contributed by atoms with van der Waals surface area (Å²) in [6.07, 6.45) is 7.65. The second-order valence-electron chi connectivity index (χ2n) is 6.78. The second kappa shape index (κ2) is 6.84. The fourth-order valence-corrected chi connectivity index (χ4v) is 3.20. The average molecular weight is 375 g/mol. The SMILES string of the molecule is C/C(=C\CC=N)Cn1c(-c2cn3c(C)nnc3c(N)n2)nc2cnc(C)cc21. The number of rotatable bonds is 5. The Kier molecular flexibility index (Phi) is 4.34. The number of nitrogens with two attached hydrogens (primary N) is 1. The van der Waals surface area contributed by atoms with Crippen molar-refractivity contribution < 1.29 is 0 Å². The van der Waals surface area contributed by atoms with E-state index < -0.39 is 0 Å². The molecule has 0 amide bonds. The third-order valence-electron chi connectivity index (χ3n) is 4.58. The number of allylic oxidation sites excluding steroid dienone is 2. The molecule has 4 heterocycles. The van der Waals surface area contributed by atoms with Crippen molar-refractivity contribution in [1.29, 1.82) is 5.41 Å². The van der Waals surface area contributed by atoms with E-state index in [2.05, 4.69) is 24.7 Å². The van der Waals surface area contributed by atoms with E-state index in [4.69, 9.17) is 16.1 Å². The number of anilines is 1. The van der Waals surface area contributed by atoms with Crippen molar-refractivity contribution in [3.05, 3.63) is 41.6 Å². The van der Waals surface area contributed by atoms with Crippen LogP contribution in [-0.4, -0.2) is 40.3 Å². The van der Waals surface area contributed by atoms with Gasteiger partial charge in [-0.15, -0.1) is 10.2 Å². The Labute approximate surface area is 161 Å². The number of nitrogens with zero attached hydrogens (tertiary/aromatic N) is 7. The first kappa shape index (κ1) is 17.8. The van der Waals surface area contributed by atoms with Crippen LogP contribution in [0.15, 0.2) is 30.1 Å². The van der Waals surface area contributed by atoms with Gasteiger partial charge in [-0.2, -0.15) is 0 Å². The summed E-state index contributed by atoms with van der Waals surface area (Å²) in [6.45, 7) is 6.49. The molecule has 0 aliphatic carbocycles. The number of aromatic nitrogens is 7. The monoisotopic (exact) mass is 375 g/mol. The molecular weight excluding hydrogens is 354 g/mol. The molecule has 4 rings (SSSR count). The molecule has 0 aromatic carbocycles. The van der Waals surface area contributed by atoms with Crippen LogP contribution < -0.4 is 5.73 Å². The predicted octanol–water partition coefficient (Wildman–Crippen LogP) is 2.72. The Morgan fingerprint density at radius 2 is 2.07 bits per heavy atom. The molecule has 4 aromatic rings. The Morgan fingerprint density at radius 3 is 2.86 bits per heavy atom. The van der Waals surface area contributed by atoms with Crippen LogP contribution in [-0.2, 0) is 6.54 Å². The number of fused-ring (bicyclic) bond motifs is 2. The van der Waals surface area contributed by atoms with E-state index in [1.54, 1.807) is 6.20 Å². The molecule has 9 nitrogen and oxygen atoms in total. The van der Waals surface area contributed by atoms with Crippen LogP contribution in [0.1, 0.15) is 24.9 Å². The van der Waals surface area contributed by atoms with Crippen LogP contribution >= 0.6 is 0 Å². The lowest BCUT2D eigenvalue weighted by Crippen LogP contribution is -2.06. The summed E-state index contributed by atoms with van der Waals surface area (Å²) in [6, 6.07) is 2.02. The Balaban J connectivity index is 1.94. The maximum Gasteiger partial charge on any atom is 0.203 e. The van der Waals surface area contributed by atoms with Gasteiger partial charge in [-0.05, 0) is 33.1 Å². The predicted molar refractivity (Wildman–Crippen MR) is 108 cm³/mol. The van der Waals surface area contributed by atoms with Gasteiger partial charge in [0.25, 0.3) is 0 Å². The largest absolute Gasteiger partial charge is 0.381 e. The summed E-state index contributed by atoms with van der Waals surface area (Å²) in [5, 5.41) is 15.4. The van der Waals surface area contributed by atoms with Crippen molar-refractivity contribution in [2.24, 2.45) is 0 Å². The molecule has 0 radical (unpaired) electrons. The first-order valence-electron chi connectivity index (χ1n) is 8.93. The van der Waals surface area contributed by atoms with Crippen LogP contribution in [0.5, 0.6) is 0 Å². The lowest BCUT2D eigenvalue weighted by Gasteiger charge is -2.11. The van der Waals surface area contributed by atoms with E-state index in [0.29, 0.717) is 35.9 Å². The molecule has 0 bridgehead atoms. The van der Waals surface area contributed by atoms with Gasteiger partial charge in [-0.1, -0.05) is 11.6 Å². The normalized spacial score (nSPS) is 12.2. The van der Waals surface area contributed by atoms with Gasteiger partial charge in [0.2, 0.25) is 5.65 Å². The topological polar surface area (TPSA) is 124 Å². The first-order valence-corrected chi connectivity index (χ1v) is 8.93. The van der Waals surface area contributed by atoms with Gasteiger partial charge < -0.3 is 15.7 Å². The highest BCUT2D eigenvalue weighted by Gasteiger charge is 2.17. The first-order chi connectivity index (χ1) is 13.5. The highest BCUT2D eigenvalue weighted by atomic mass is 15.3. The van der Waals surface area contributed by atoms with Crippen molar-refractivity contribution in [2.75, 3.05) is 5.73 Å². The van der Waals surface area contributed by atoms with Gasteiger partial charge in [0, 0.05) is 24.9 Å². The third-order valence-corrected chi connectivity index (χ3v) is 4.58. The zero-order chi connectivity index (χ0) is 19.8. The number of nitrogens with one attached hydrogen (secondary N) is 1. The number of nitrogen functional groups attached to an aromatic ring is 1. The van der Waals surface area contributed by atoms with Crippen molar-refractivity contribution in [3.8, 4) is 11.5 Å². The average Bonchev–Trinajstić information content (AvgIpc) is 3.21. The fraction of sp³-hybridized carbons (Fsp3) is 0.263. The molecule has 0 fully saturated rings. The molecule has 9 heteroatoms. The van der Waals surface area contributed by atoms with Crippen LogP contribution in [0.25, 0.3) is 28.2 Å². The van der Waals surface area contributed by atoms with Crippen molar-refractivity contribution in [3.63, 3.8) is 0 Å². The summed E-state index contributed by atoms with van der Waals surface area (Å²) in [7, 11) is 0. The van der Waals surface area contributed by atoms with Gasteiger partial charge in [0.1, 0.15) is 17.0 Å². The van der Waals surface area contributed by atoms with E-state index in [-0.39, 0.29) is 0 Å². The minimum atomic E-state index is 0.307. The van der Waals surface area contributed by atoms with Crippen LogP contribution in [0.3, 0.4) is 0 Å². The molecular formula is C19H21N9. The Bertz CT molecular complexity index is 1230. The molecule has 142 valence electrons. The quantitative estimate of drug-likeness (QED) is 0.408. The third kappa shape index (κ3) is 3.00. The standard InChI is InChI=1S/C19H21N9/c1-11(5-4-6-20)9-28-16-7-12(2)22-8-14(16)24-18(28)15-10-27-13(3)25-26-19(27)17(21)23-15/h5-8,10,20H,4,9H2,1-3H3,(H2,21,23)/b11-5+,20-6?. The smallest absolute Gasteiger partial charge is 0.203 e. The van der Waals surface area contributed by atoms with Crippen molar-refractivity contribution in [1.82, 2.24) is 34.1 Å².